The van der Waals surface area contributed by atoms with Crippen LogP contribution >= 0.6 is 11.8 Å². The van der Waals surface area contributed by atoms with Crippen molar-refractivity contribution in [1.82, 2.24) is 0 Å². The Morgan fingerprint density at radius 1 is 1.14 bits per heavy atom. The van der Waals surface area contributed by atoms with Gasteiger partial charge in [0.15, 0.2) is 0 Å². The Labute approximate surface area is 83.8 Å². The van der Waals surface area contributed by atoms with Crippen LogP contribution in [0.1, 0.15) is 5.56 Å². The van der Waals surface area contributed by atoms with E-state index in [4.69, 9.17) is 0 Å². The Hall–Kier alpha value is -0.900. The van der Waals surface area contributed by atoms with Crippen LogP contribution in [0.2, 0.25) is 0 Å². The number of thioether (sulfide) groups is 1. The first-order chi connectivity index (χ1) is 6.57. The first kappa shape index (κ1) is 9.65. The first-order valence-corrected chi connectivity index (χ1v) is 4.96. The van der Waals surface area contributed by atoms with Gasteiger partial charge in [-0.2, -0.15) is 13.2 Å². The summed E-state index contributed by atoms with van der Waals surface area (Å²) >= 11 is 0.852. The van der Waals surface area contributed by atoms with Gasteiger partial charge in [0.2, 0.25) is 0 Å². The molecule has 0 aromatic heterocycles. The van der Waals surface area contributed by atoms with Crippen molar-refractivity contribution in [3.8, 4) is 0 Å². The standard InChI is InChI=1S/C10H7F3S/c11-10(12,13)9-6-5-7-3-1-2-4-8(7)14-9/h1-6,9H. The van der Waals surface area contributed by atoms with Gasteiger partial charge < -0.3 is 0 Å². The molecule has 1 aromatic carbocycles. The maximum atomic E-state index is 12.4. The van der Waals surface area contributed by atoms with Gasteiger partial charge in [0.05, 0.1) is 0 Å². The molecule has 1 aromatic rings. The highest BCUT2D eigenvalue weighted by atomic mass is 32.2. The largest absolute Gasteiger partial charge is 0.404 e. The summed E-state index contributed by atoms with van der Waals surface area (Å²) in [6, 6.07) is 7.09. The molecule has 4 heteroatoms. The van der Waals surface area contributed by atoms with E-state index < -0.39 is 11.4 Å². The molecule has 0 saturated carbocycles. The Balaban J connectivity index is 2.30. The van der Waals surface area contributed by atoms with E-state index in [9.17, 15) is 13.2 Å². The average molecular weight is 216 g/mol. The van der Waals surface area contributed by atoms with E-state index in [0.717, 1.165) is 17.3 Å². The summed E-state index contributed by atoms with van der Waals surface area (Å²) in [6.07, 6.45) is -1.42. The molecule has 0 radical (unpaired) electrons. The van der Waals surface area contributed by atoms with Crippen LogP contribution in [0.25, 0.3) is 6.08 Å². The van der Waals surface area contributed by atoms with Gasteiger partial charge in [-0.15, -0.1) is 11.8 Å². The molecule has 0 bridgehead atoms. The van der Waals surface area contributed by atoms with Gasteiger partial charge in [-0.25, -0.2) is 0 Å². The van der Waals surface area contributed by atoms with E-state index in [2.05, 4.69) is 0 Å². The minimum Gasteiger partial charge on any atom is -0.169 e. The highest BCUT2D eigenvalue weighted by molar-refractivity contribution is 8.00. The van der Waals surface area contributed by atoms with Crippen LogP contribution in [0.5, 0.6) is 0 Å². The lowest BCUT2D eigenvalue weighted by Gasteiger charge is -2.20. The molecule has 0 saturated heterocycles. The molecule has 0 amide bonds. The second-order valence-corrected chi connectivity index (χ2v) is 4.16. The van der Waals surface area contributed by atoms with Gasteiger partial charge in [0.1, 0.15) is 5.25 Å². The number of halogens is 3. The monoisotopic (exact) mass is 216 g/mol. The number of alkyl halides is 3. The third-order valence-corrected chi connectivity index (χ3v) is 3.25. The van der Waals surface area contributed by atoms with E-state index in [0.29, 0.717) is 4.90 Å². The maximum Gasteiger partial charge on any atom is 0.404 e. The van der Waals surface area contributed by atoms with Gasteiger partial charge >= 0.3 is 6.18 Å². The smallest absolute Gasteiger partial charge is 0.169 e. The SMILES string of the molecule is FC(F)(F)C1C=Cc2ccccc2S1. The van der Waals surface area contributed by atoms with Crippen LogP contribution < -0.4 is 0 Å². The average Bonchev–Trinajstić information content (AvgIpc) is 2.16. The number of benzene rings is 1. The Morgan fingerprint density at radius 2 is 1.86 bits per heavy atom. The topological polar surface area (TPSA) is 0 Å². The number of rotatable bonds is 0. The summed E-state index contributed by atoms with van der Waals surface area (Å²) in [5, 5.41) is -1.41. The third kappa shape index (κ3) is 1.80. The molecule has 1 heterocycles. The van der Waals surface area contributed by atoms with Crippen molar-refractivity contribution in [2.24, 2.45) is 0 Å². The van der Waals surface area contributed by atoms with Crippen LogP contribution in [0, 0.1) is 0 Å². The van der Waals surface area contributed by atoms with Crippen LogP contribution in [0.15, 0.2) is 35.2 Å². The van der Waals surface area contributed by atoms with E-state index in [-0.39, 0.29) is 0 Å². The van der Waals surface area contributed by atoms with E-state index in [1.54, 1.807) is 12.1 Å². The van der Waals surface area contributed by atoms with Gasteiger partial charge in [0.25, 0.3) is 0 Å². The predicted molar refractivity (Wildman–Crippen MR) is 51.2 cm³/mol. The first-order valence-electron chi connectivity index (χ1n) is 4.08. The quantitative estimate of drug-likeness (QED) is 0.636. The molecular formula is C10H7F3S. The van der Waals surface area contributed by atoms with Crippen molar-refractivity contribution in [2.45, 2.75) is 16.3 Å². The van der Waals surface area contributed by atoms with Gasteiger partial charge in [0, 0.05) is 4.90 Å². The lowest BCUT2D eigenvalue weighted by Crippen LogP contribution is -2.24. The molecule has 0 nitrogen and oxygen atoms in total. The summed E-state index contributed by atoms with van der Waals surface area (Å²) in [5.74, 6) is 0. The molecule has 0 N–H and O–H groups in total. The highest BCUT2D eigenvalue weighted by Crippen LogP contribution is 2.40. The Morgan fingerprint density at radius 3 is 2.57 bits per heavy atom. The van der Waals surface area contributed by atoms with Gasteiger partial charge in [-0.3, -0.25) is 0 Å². The fraction of sp³-hybridized carbons (Fsp3) is 0.200. The van der Waals surface area contributed by atoms with Crippen molar-refractivity contribution < 1.29 is 13.2 Å². The predicted octanol–water partition coefficient (Wildman–Crippen LogP) is 3.74. The van der Waals surface area contributed by atoms with E-state index >= 15 is 0 Å². The van der Waals surface area contributed by atoms with Crippen molar-refractivity contribution >= 4 is 17.8 Å². The fourth-order valence-electron chi connectivity index (χ4n) is 1.27. The molecule has 0 spiro atoms. The van der Waals surface area contributed by atoms with Gasteiger partial charge in [-0.1, -0.05) is 30.4 Å². The number of hydrogen-bond acceptors (Lipinski definition) is 1. The molecule has 1 aliphatic heterocycles. The molecule has 0 aliphatic carbocycles. The Bertz CT molecular complexity index is 368. The molecule has 2 rings (SSSR count). The van der Waals surface area contributed by atoms with E-state index in [1.807, 2.05) is 12.1 Å². The molecular weight excluding hydrogens is 209 g/mol. The second kappa shape index (κ2) is 3.35. The molecule has 1 atom stereocenters. The van der Waals surface area contributed by atoms with Gasteiger partial charge in [-0.05, 0) is 11.6 Å². The Kier molecular flexibility index (Phi) is 2.31. The van der Waals surface area contributed by atoms with Crippen LogP contribution in [-0.4, -0.2) is 11.4 Å². The zero-order valence-electron chi connectivity index (χ0n) is 7.08. The molecule has 74 valence electrons. The van der Waals surface area contributed by atoms with Crippen LogP contribution in [-0.2, 0) is 0 Å². The summed E-state index contributed by atoms with van der Waals surface area (Å²) in [5.41, 5.74) is 0.859. The highest BCUT2D eigenvalue weighted by Gasteiger charge is 2.39. The third-order valence-electron chi connectivity index (χ3n) is 1.95. The van der Waals surface area contributed by atoms with Crippen molar-refractivity contribution in [3.63, 3.8) is 0 Å². The zero-order chi connectivity index (χ0) is 10.2. The normalized spacial score (nSPS) is 20.6. The van der Waals surface area contributed by atoms with E-state index in [1.165, 1.54) is 12.2 Å². The minimum absolute atomic E-state index is 0.692. The molecule has 1 unspecified atom stereocenters. The molecule has 1 aliphatic rings. The molecule has 14 heavy (non-hydrogen) atoms. The van der Waals surface area contributed by atoms with Crippen molar-refractivity contribution in [3.05, 3.63) is 35.9 Å². The van der Waals surface area contributed by atoms with Crippen molar-refractivity contribution in [1.29, 1.82) is 0 Å². The molecule has 0 fully saturated rings. The zero-order valence-corrected chi connectivity index (χ0v) is 7.90. The van der Waals surface area contributed by atoms with Crippen LogP contribution in [0.4, 0.5) is 13.2 Å². The number of hydrogen-bond donors (Lipinski definition) is 0. The number of fused-ring (bicyclic) bond motifs is 1. The summed E-state index contributed by atoms with van der Waals surface area (Å²) < 4.78 is 37.1. The van der Waals surface area contributed by atoms with Crippen LogP contribution in [0.3, 0.4) is 0 Å². The van der Waals surface area contributed by atoms with Crippen molar-refractivity contribution in [2.75, 3.05) is 0 Å². The summed E-state index contributed by atoms with van der Waals surface area (Å²) in [4.78, 5) is 0.692. The minimum atomic E-state index is -4.16. The lowest BCUT2D eigenvalue weighted by atomic mass is 10.2. The lowest BCUT2D eigenvalue weighted by molar-refractivity contribution is -0.119. The second-order valence-electron chi connectivity index (χ2n) is 2.98. The summed E-state index contributed by atoms with van der Waals surface area (Å²) in [6.45, 7) is 0. The maximum absolute atomic E-state index is 12.4. The summed E-state index contributed by atoms with van der Waals surface area (Å²) in [7, 11) is 0. The fourth-order valence-corrected chi connectivity index (χ4v) is 2.26.